The maximum absolute atomic E-state index is 9.36. The molecule has 1 N–H and O–H groups in total. The molecule has 3 aromatic heterocycles. The Morgan fingerprint density at radius 1 is 1.00 bits per heavy atom. The van der Waals surface area contributed by atoms with Gasteiger partial charge in [-0.2, -0.15) is 5.26 Å². The highest BCUT2D eigenvalue weighted by molar-refractivity contribution is 5.97. The predicted molar refractivity (Wildman–Crippen MR) is 114 cm³/mol. The SMILES string of the molecule is Cn1ccc2cc(-c3cc(Nc4cnccc4C#N)cc4nccnc34)ccc21. The summed E-state index contributed by atoms with van der Waals surface area (Å²) in [7, 11) is 2.04. The van der Waals surface area contributed by atoms with Crippen molar-refractivity contribution in [1.29, 1.82) is 5.26 Å². The van der Waals surface area contributed by atoms with Gasteiger partial charge in [0.1, 0.15) is 6.07 Å². The lowest BCUT2D eigenvalue weighted by molar-refractivity contribution is 0.969. The van der Waals surface area contributed by atoms with E-state index < -0.39 is 0 Å². The summed E-state index contributed by atoms with van der Waals surface area (Å²) in [6.07, 6.45) is 8.69. The Kier molecular flexibility index (Phi) is 3.92. The van der Waals surface area contributed by atoms with Crippen molar-refractivity contribution in [2.24, 2.45) is 7.05 Å². The van der Waals surface area contributed by atoms with Crippen molar-refractivity contribution in [3.8, 4) is 17.2 Å². The van der Waals surface area contributed by atoms with E-state index in [-0.39, 0.29) is 0 Å². The summed E-state index contributed by atoms with van der Waals surface area (Å²) in [6, 6.07) is 16.3. The Balaban J connectivity index is 1.68. The van der Waals surface area contributed by atoms with E-state index in [1.165, 1.54) is 10.9 Å². The molecule has 138 valence electrons. The van der Waals surface area contributed by atoms with Gasteiger partial charge < -0.3 is 9.88 Å². The molecule has 0 unspecified atom stereocenters. The van der Waals surface area contributed by atoms with Gasteiger partial charge in [0.2, 0.25) is 0 Å². The zero-order valence-electron chi connectivity index (χ0n) is 15.7. The van der Waals surface area contributed by atoms with Crippen LogP contribution in [0.1, 0.15) is 5.56 Å². The first-order chi connectivity index (χ1) is 14.2. The van der Waals surface area contributed by atoms with Crippen LogP contribution in [0.2, 0.25) is 0 Å². The van der Waals surface area contributed by atoms with E-state index in [4.69, 9.17) is 0 Å². The number of nitriles is 1. The number of aromatic nitrogens is 4. The van der Waals surface area contributed by atoms with Crippen molar-refractivity contribution < 1.29 is 0 Å². The van der Waals surface area contributed by atoms with Crippen LogP contribution in [0, 0.1) is 11.3 Å². The minimum absolute atomic E-state index is 0.534. The smallest absolute Gasteiger partial charge is 0.101 e. The summed E-state index contributed by atoms with van der Waals surface area (Å²) >= 11 is 0. The van der Waals surface area contributed by atoms with Crippen molar-refractivity contribution in [2.45, 2.75) is 0 Å². The first-order valence-corrected chi connectivity index (χ1v) is 9.14. The Morgan fingerprint density at radius 2 is 1.90 bits per heavy atom. The van der Waals surface area contributed by atoms with Crippen molar-refractivity contribution in [2.75, 3.05) is 5.32 Å². The maximum atomic E-state index is 9.36. The molecule has 2 aromatic carbocycles. The number of hydrogen-bond acceptors (Lipinski definition) is 5. The highest BCUT2D eigenvalue weighted by Gasteiger charge is 2.11. The van der Waals surface area contributed by atoms with Crippen LogP contribution in [0.25, 0.3) is 33.1 Å². The van der Waals surface area contributed by atoms with Crippen molar-refractivity contribution in [3.63, 3.8) is 0 Å². The van der Waals surface area contributed by atoms with E-state index in [9.17, 15) is 5.26 Å². The minimum Gasteiger partial charge on any atom is -0.353 e. The number of pyridine rings is 1. The molecular formula is C23H16N6. The summed E-state index contributed by atoms with van der Waals surface area (Å²) in [5.74, 6) is 0. The number of hydrogen-bond donors (Lipinski definition) is 1. The first-order valence-electron chi connectivity index (χ1n) is 9.14. The molecule has 5 aromatic rings. The molecule has 0 amide bonds. The third kappa shape index (κ3) is 2.95. The van der Waals surface area contributed by atoms with E-state index >= 15 is 0 Å². The number of anilines is 2. The summed E-state index contributed by atoms with van der Waals surface area (Å²) < 4.78 is 2.10. The van der Waals surface area contributed by atoms with Gasteiger partial charge in [0.25, 0.3) is 0 Å². The molecular weight excluding hydrogens is 360 g/mol. The fraction of sp³-hybridized carbons (Fsp3) is 0.0435. The molecule has 0 fully saturated rings. The number of nitrogens with one attached hydrogen (secondary N) is 1. The van der Waals surface area contributed by atoms with Crippen LogP contribution in [0.3, 0.4) is 0 Å². The van der Waals surface area contributed by atoms with Gasteiger partial charge in [-0.15, -0.1) is 0 Å². The van der Waals surface area contributed by atoms with E-state index in [2.05, 4.69) is 61.4 Å². The summed E-state index contributed by atoms with van der Waals surface area (Å²) in [4.78, 5) is 13.2. The molecule has 5 rings (SSSR count). The summed E-state index contributed by atoms with van der Waals surface area (Å²) in [5.41, 5.74) is 6.84. The van der Waals surface area contributed by atoms with Gasteiger partial charge in [0.15, 0.2) is 0 Å². The number of benzene rings is 2. The second-order valence-electron chi connectivity index (χ2n) is 6.81. The lowest BCUT2D eigenvalue weighted by atomic mass is 10.0. The quantitative estimate of drug-likeness (QED) is 0.489. The van der Waals surface area contributed by atoms with E-state index in [1.54, 1.807) is 30.9 Å². The van der Waals surface area contributed by atoms with Gasteiger partial charge in [-0.05, 0) is 42.0 Å². The molecule has 0 spiro atoms. The molecule has 6 heteroatoms. The molecule has 0 atom stereocenters. The molecule has 0 aliphatic carbocycles. The number of fused-ring (bicyclic) bond motifs is 2. The molecule has 0 saturated carbocycles. The van der Waals surface area contributed by atoms with Crippen molar-refractivity contribution in [1.82, 2.24) is 19.5 Å². The van der Waals surface area contributed by atoms with Crippen molar-refractivity contribution >= 4 is 33.3 Å². The number of rotatable bonds is 3. The van der Waals surface area contributed by atoms with Crippen LogP contribution in [-0.4, -0.2) is 19.5 Å². The van der Waals surface area contributed by atoms with E-state index in [1.807, 2.05) is 19.2 Å². The molecule has 0 aliphatic heterocycles. The van der Waals surface area contributed by atoms with E-state index in [0.29, 0.717) is 11.3 Å². The normalized spacial score (nSPS) is 10.9. The molecule has 0 aliphatic rings. The third-order valence-electron chi connectivity index (χ3n) is 4.99. The Labute approximate surface area is 167 Å². The average molecular weight is 376 g/mol. The Morgan fingerprint density at radius 3 is 2.79 bits per heavy atom. The van der Waals surface area contributed by atoms with Gasteiger partial charge in [0.05, 0.1) is 28.5 Å². The van der Waals surface area contributed by atoms with Gasteiger partial charge in [-0.1, -0.05) is 6.07 Å². The van der Waals surface area contributed by atoms with Crippen molar-refractivity contribution in [3.05, 3.63) is 79.0 Å². The van der Waals surface area contributed by atoms with Gasteiger partial charge >= 0.3 is 0 Å². The van der Waals surface area contributed by atoms with Crippen LogP contribution >= 0.6 is 0 Å². The predicted octanol–water partition coefficient (Wildman–Crippen LogP) is 4.80. The minimum atomic E-state index is 0.534. The van der Waals surface area contributed by atoms with Gasteiger partial charge in [-0.25, -0.2) is 0 Å². The van der Waals surface area contributed by atoms with Crippen LogP contribution in [0.15, 0.2) is 73.4 Å². The van der Waals surface area contributed by atoms with Crippen LogP contribution in [0.5, 0.6) is 0 Å². The van der Waals surface area contributed by atoms with E-state index in [0.717, 1.165) is 27.8 Å². The zero-order valence-corrected chi connectivity index (χ0v) is 15.7. The zero-order chi connectivity index (χ0) is 19.8. The number of aryl methyl sites for hydroxylation is 1. The van der Waals surface area contributed by atoms with Crippen LogP contribution in [0.4, 0.5) is 11.4 Å². The van der Waals surface area contributed by atoms with Crippen LogP contribution < -0.4 is 5.32 Å². The van der Waals surface area contributed by atoms with Crippen LogP contribution in [-0.2, 0) is 7.05 Å². The summed E-state index contributed by atoms with van der Waals surface area (Å²) in [5, 5.41) is 13.8. The molecule has 3 heterocycles. The molecule has 6 nitrogen and oxygen atoms in total. The first kappa shape index (κ1) is 16.9. The number of nitrogens with zero attached hydrogens (tertiary/aromatic N) is 5. The molecule has 0 saturated heterocycles. The highest BCUT2D eigenvalue weighted by Crippen LogP contribution is 2.33. The lowest BCUT2D eigenvalue weighted by Crippen LogP contribution is -1.97. The average Bonchev–Trinajstić information content (AvgIpc) is 3.13. The summed E-state index contributed by atoms with van der Waals surface area (Å²) in [6.45, 7) is 0. The second kappa shape index (κ2) is 6.73. The fourth-order valence-corrected chi connectivity index (χ4v) is 3.56. The molecule has 0 bridgehead atoms. The standard InChI is InChI=1S/C23H16N6/c1-29-9-5-16-10-15(2-3-22(16)29)19-11-18(12-20-23(19)27-8-7-26-20)28-21-14-25-6-4-17(21)13-24/h2-12,14,28H,1H3. The Hall–Kier alpha value is -4.24. The Bertz CT molecular complexity index is 1410. The van der Waals surface area contributed by atoms with Gasteiger partial charge in [0, 0.05) is 54.0 Å². The largest absolute Gasteiger partial charge is 0.353 e. The molecule has 29 heavy (non-hydrogen) atoms. The second-order valence-corrected chi connectivity index (χ2v) is 6.81. The third-order valence-corrected chi connectivity index (χ3v) is 4.99. The maximum Gasteiger partial charge on any atom is 0.101 e. The molecule has 0 radical (unpaired) electrons. The topological polar surface area (TPSA) is 79.4 Å². The monoisotopic (exact) mass is 376 g/mol. The highest BCUT2D eigenvalue weighted by atomic mass is 14.9. The van der Waals surface area contributed by atoms with Gasteiger partial charge in [-0.3, -0.25) is 15.0 Å². The lowest BCUT2D eigenvalue weighted by Gasteiger charge is -2.12. The fourth-order valence-electron chi connectivity index (χ4n) is 3.56.